The Balaban J connectivity index is 1.72. The average molecular weight is 544 g/mol. The zero-order chi connectivity index (χ0) is 29.2. The molecule has 3 amide bonds. The molecule has 0 aliphatic heterocycles. The van der Waals surface area contributed by atoms with Crippen molar-refractivity contribution in [1.29, 1.82) is 0 Å². The summed E-state index contributed by atoms with van der Waals surface area (Å²) in [4.78, 5) is 43.0. The number of ether oxygens (including phenoxy) is 1. The van der Waals surface area contributed by atoms with Crippen LogP contribution in [-0.2, 0) is 14.3 Å². The SMILES string of the molecule is Cc1ccccc1C(C(=O)Nc1ccc2ccccc2c1)N(C(=O)C(NC(=O)OC(C)(C)C)C(C)C)C1CC1C. The molecule has 0 bridgehead atoms. The minimum absolute atomic E-state index is 0.124. The number of hydrogen-bond acceptors (Lipinski definition) is 4. The molecule has 4 unspecified atom stereocenters. The summed E-state index contributed by atoms with van der Waals surface area (Å²) in [6.07, 6.45) is 0.130. The lowest BCUT2D eigenvalue weighted by atomic mass is 9.95. The van der Waals surface area contributed by atoms with Gasteiger partial charge in [0.05, 0.1) is 0 Å². The minimum Gasteiger partial charge on any atom is -0.444 e. The third kappa shape index (κ3) is 6.82. The van der Waals surface area contributed by atoms with E-state index in [1.807, 2.05) is 87.5 Å². The maximum absolute atomic E-state index is 14.3. The van der Waals surface area contributed by atoms with E-state index in [4.69, 9.17) is 4.74 Å². The van der Waals surface area contributed by atoms with E-state index >= 15 is 0 Å². The lowest BCUT2D eigenvalue weighted by molar-refractivity contribution is -0.142. The molecule has 3 aromatic carbocycles. The van der Waals surface area contributed by atoms with Crippen LogP contribution in [0.1, 0.15) is 65.1 Å². The predicted octanol–water partition coefficient (Wildman–Crippen LogP) is 6.61. The molecule has 0 spiro atoms. The first-order chi connectivity index (χ1) is 18.9. The summed E-state index contributed by atoms with van der Waals surface area (Å²) in [7, 11) is 0. The summed E-state index contributed by atoms with van der Waals surface area (Å²) in [5.74, 6) is -0.579. The van der Waals surface area contributed by atoms with E-state index in [-0.39, 0.29) is 29.7 Å². The van der Waals surface area contributed by atoms with Gasteiger partial charge < -0.3 is 20.3 Å². The van der Waals surface area contributed by atoms with Crippen molar-refractivity contribution >= 4 is 34.4 Å². The molecule has 40 heavy (non-hydrogen) atoms. The summed E-state index contributed by atoms with van der Waals surface area (Å²) in [5, 5.41) is 7.97. The number of nitrogens with one attached hydrogen (secondary N) is 2. The Hall–Kier alpha value is -3.87. The van der Waals surface area contributed by atoms with Crippen molar-refractivity contribution in [3.63, 3.8) is 0 Å². The smallest absolute Gasteiger partial charge is 0.408 e. The zero-order valence-corrected chi connectivity index (χ0v) is 24.5. The van der Waals surface area contributed by atoms with E-state index < -0.39 is 23.8 Å². The van der Waals surface area contributed by atoms with Gasteiger partial charge >= 0.3 is 6.09 Å². The van der Waals surface area contributed by atoms with Crippen molar-refractivity contribution < 1.29 is 19.1 Å². The molecule has 1 aliphatic rings. The fraction of sp³-hybridized carbons (Fsp3) is 0.424. The number of nitrogens with zero attached hydrogens (tertiary/aromatic N) is 1. The second-order valence-electron chi connectivity index (χ2n) is 12.2. The number of rotatable bonds is 8. The third-order valence-electron chi connectivity index (χ3n) is 7.31. The maximum Gasteiger partial charge on any atom is 0.408 e. The maximum atomic E-state index is 14.3. The number of fused-ring (bicyclic) bond motifs is 1. The number of amides is 3. The highest BCUT2D eigenvalue weighted by Crippen LogP contribution is 2.42. The highest BCUT2D eigenvalue weighted by Gasteiger charge is 2.49. The number of carbonyl (C=O) groups is 3. The summed E-state index contributed by atoms with van der Waals surface area (Å²) >= 11 is 0. The molecule has 0 heterocycles. The molecule has 212 valence electrons. The largest absolute Gasteiger partial charge is 0.444 e. The molecule has 3 aromatic rings. The van der Waals surface area contributed by atoms with Crippen molar-refractivity contribution in [3.05, 3.63) is 77.9 Å². The molecular weight excluding hydrogens is 502 g/mol. The average Bonchev–Trinajstić information content (AvgIpc) is 3.60. The molecule has 1 fully saturated rings. The molecule has 7 nitrogen and oxygen atoms in total. The van der Waals surface area contributed by atoms with Gasteiger partial charge in [-0.25, -0.2) is 4.79 Å². The van der Waals surface area contributed by atoms with Crippen LogP contribution in [0.4, 0.5) is 10.5 Å². The number of anilines is 1. The Labute approximate surface area is 237 Å². The highest BCUT2D eigenvalue weighted by molar-refractivity contribution is 6.00. The number of benzene rings is 3. The number of hydrogen-bond donors (Lipinski definition) is 2. The Kier molecular flexibility index (Phi) is 8.52. The van der Waals surface area contributed by atoms with Crippen LogP contribution in [0.2, 0.25) is 0 Å². The Morgan fingerprint density at radius 3 is 2.17 bits per heavy atom. The van der Waals surface area contributed by atoms with Crippen molar-refractivity contribution in [2.24, 2.45) is 11.8 Å². The van der Waals surface area contributed by atoms with Gasteiger partial charge in [-0.2, -0.15) is 0 Å². The van der Waals surface area contributed by atoms with Crippen LogP contribution < -0.4 is 10.6 Å². The molecule has 1 saturated carbocycles. The van der Waals surface area contributed by atoms with Gasteiger partial charge in [0.15, 0.2) is 0 Å². The molecule has 2 N–H and O–H groups in total. The van der Waals surface area contributed by atoms with Crippen LogP contribution in [0.15, 0.2) is 66.7 Å². The van der Waals surface area contributed by atoms with Gasteiger partial charge in [0, 0.05) is 11.7 Å². The molecule has 1 aliphatic carbocycles. The predicted molar refractivity (Wildman–Crippen MR) is 159 cm³/mol. The van der Waals surface area contributed by atoms with Crippen LogP contribution in [0.5, 0.6) is 0 Å². The Bertz CT molecular complexity index is 1390. The van der Waals surface area contributed by atoms with Gasteiger partial charge in [-0.15, -0.1) is 0 Å². The van der Waals surface area contributed by atoms with E-state index in [9.17, 15) is 14.4 Å². The molecule has 0 radical (unpaired) electrons. The summed E-state index contributed by atoms with van der Waals surface area (Å²) < 4.78 is 5.47. The zero-order valence-electron chi connectivity index (χ0n) is 24.5. The Morgan fingerprint density at radius 2 is 1.57 bits per heavy atom. The van der Waals surface area contributed by atoms with E-state index in [2.05, 4.69) is 17.6 Å². The first-order valence-electron chi connectivity index (χ1n) is 14.0. The summed E-state index contributed by atoms with van der Waals surface area (Å²) in [6.45, 7) is 13.1. The van der Waals surface area contributed by atoms with Gasteiger partial charge in [-0.3, -0.25) is 9.59 Å². The van der Waals surface area contributed by atoms with Gasteiger partial charge in [-0.1, -0.05) is 75.4 Å². The third-order valence-corrected chi connectivity index (χ3v) is 7.31. The van der Waals surface area contributed by atoms with E-state index in [0.29, 0.717) is 5.69 Å². The minimum atomic E-state index is -0.878. The molecule has 4 rings (SSSR count). The quantitative estimate of drug-likeness (QED) is 0.334. The molecular formula is C33H41N3O4. The number of alkyl carbamates (subject to hydrolysis) is 1. The second kappa shape index (κ2) is 11.7. The Morgan fingerprint density at radius 1 is 0.950 bits per heavy atom. The van der Waals surface area contributed by atoms with Crippen molar-refractivity contribution in [3.8, 4) is 0 Å². The number of carbonyl (C=O) groups excluding carboxylic acids is 3. The van der Waals surface area contributed by atoms with Crippen LogP contribution in [-0.4, -0.2) is 40.5 Å². The van der Waals surface area contributed by atoms with Crippen LogP contribution >= 0.6 is 0 Å². The van der Waals surface area contributed by atoms with Gasteiger partial charge in [0.1, 0.15) is 17.7 Å². The standard InChI is InChI=1S/C33H41N3O4/c1-20(2)28(35-32(39)40-33(5,6)7)31(38)36(27-18-22(27)4)29(26-15-11-8-12-21(26)3)30(37)34-25-17-16-23-13-9-10-14-24(23)19-25/h8-17,19-20,22,27-29H,18H2,1-7H3,(H,34,37)(H,35,39). The normalized spacial score (nSPS) is 18.1. The van der Waals surface area contributed by atoms with Gasteiger partial charge in [0.2, 0.25) is 5.91 Å². The van der Waals surface area contributed by atoms with Crippen molar-refractivity contribution in [2.75, 3.05) is 5.32 Å². The van der Waals surface area contributed by atoms with Crippen LogP contribution in [0.3, 0.4) is 0 Å². The molecule has 0 aromatic heterocycles. The van der Waals surface area contributed by atoms with Crippen LogP contribution in [0, 0.1) is 18.8 Å². The first kappa shape index (κ1) is 29.1. The highest BCUT2D eigenvalue weighted by atomic mass is 16.6. The van der Waals surface area contributed by atoms with E-state index in [1.54, 1.807) is 25.7 Å². The fourth-order valence-corrected chi connectivity index (χ4v) is 5.07. The molecule has 7 heteroatoms. The van der Waals surface area contributed by atoms with Crippen LogP contribution in [0.25, 0.3) is 10.8 Å². The fourth-order valence-electron chi connectivity index (χ4n) is 5.07. The summed E-state index contributed by atoms with van der Waals surface area (Å²) in [5.41, 5.74) is 1.62. The van der Waals surface area contributed by atoms with E-state index in [1.165, 1.54) is 0 Å². The van der Waals surface area contributed by atoms with Gasteiger partial charge in [0.25, 0.3) is 5.91 Å². The topological polar surface area (TPSA) is 87.7 Å². The number of aryl methyl sites for hydroxylation is 1. The molecule has 0 saturated heterocycles. The van der Waals surface area contributed by atoms with Crippen molar-refractivity contribution in [2.45, 2.75) is 78.6 Å². The summed E-state index contributed by atoms with van der Waals surface area (Å²) in [6, 6.07) is 19.5. The van der Waals surface area contributed by atoms with Gasteiger partial charge in [-0.05, 0) is 80.0 Å². The lowest BCUT2D eigenvalue weighted by Gasteiger charge is -2.36. The monoisotopic (exact) mass is 543 g/mol. The first-order valence-corrected chi connectivity index (χ1v) is 14.0. The van der Waals surface area contributed by atoms with Crippen molar-refractivity contribution in [1.82, 2.24) is 10.2 Å². The second-order valence-corrected chi connectivity index (χ2v) is 12.2. The van der Waals surface area contributed by atoms with E-state index in [0.717, 1.165) is 28.3 Å². The molecule has 4 atom stereocenters. The lowest BCUT2D eigenvalue weighted by Crippen LogP contribution is -2.55.